The van der Waals surface area contributed by atoms with Crippen LogP contribution in [-0.4, -0.2) is 34.2 Å². The number of aromatic nitrogens is 1. The minimum Gasteiger partial charge on any atom is -0.396 e. The SMILES string of the molecule is Cc1ccc2cc(CN3C[C@H](CO)CC[C@H]3C)ccc2n1. The molecule has 1 aliphatic heterocycles. The van der Waals surface area contributed by atoms with Crippen LogP contribution in [0.25, 0.3) is 10.9 Å². The lowest BCUT2D eigenvalue weighted by Crippen LogP contribution is -2.42. The van der Waals surface area contributed by atoms with Crippen molar-refractivity contribution in [2.75, 3.05) is 13.2 Å². The van der Waals surface area contributed by atoms with Crippen molar-refractivity contribution in [2.45, 2.75) is 39.3 Å². The summed E-state index contributed by atoms with van der Waals surface area (Å²) in [7, 11) is 0. The van der Waals surface area contributed by atoms with Crippen LogP contribution in [-0.2, 0) is 6.54 Å². The fraction of sp³-hybridized carbons (Fsp3) is 0.500. The van der Waals surface area contributed by atoms with Crippen LogP contribution in [0.5, 0.6) is 0 Å². The first-order valence-electron chi connectivity index (χ1n) is 7.87. The van der Waals surface area contributed by atoms with Gasteiger partial charge in [0.1, 0.15) is 0 Å². The average molecular weight is 284 g/mol. The zero-order valence-corrected chi connectivity index (χ0v) is 12.9. The first kappa shape index (κ1) is 14.5. The van der Waals surface area contributed by atoms with Gasteiger partial charge in [0.05, 0.1) is 5.52 Å². The molecule has 0 unspecified atom stereocenters. The van der Waals surface area contributed by atoms with E-state index in [-0.39, 0.29) is 0 Å². The lowest BCUT2D eigenvalue weighted by Gasteiger charge is -2.37. The highest BCUT2D eigenvalue weighted by atomic mass is 16.3. The molecule has 1 aromatic heterocycles. The van der Waals surface area contributed by atoms with Gasteiger partial charge in [0.15, 0.2) is 0 Å². The number of rotatable bonds is 3. The Hall–Kier alpha value is -1.45. The molecule has 0 aliphatic carbocycles. The topological polar surface area (TPSA) is 36.4 Å². The molecule has 1 aromatic carbocycles. The maximum absolute atomic E-state index is 9.39. The van der Waals surface area contributed by atoms with Gasteiger partial charge in [0, 0.05) is 36.8 Å². The van der Waals surface area contributed by atoms with Crippen LogP contribution in [0.15, 0.2) is 30.3 Å². The third-order valence-electron chi connectivity index (χ3n) is 4.65. The molecule has 3 nitrogen and oxygen atoms in total. The number of nitrogens with zero attached hydrogens (tertiary/aromatic N) is 2. The average Bonchev–Trinajstić information content (AvgIpc) is 2.49. The Morgan fingerprint density at radius 1 is 1.24 bits per heavy atom. The minimum absolute atomic E-state index is 0.310. The maximum Gasteiger partial charge on any atom is 0.0705 e. The molecule has 0 bridgehead atoms. The Kier molecular flexibility index (Phi) is 4.22. The highest BCUT2D eigenvalue weighted by molar-refractivity contribution is 5.79. The Morgan fingerprint density at radius 2 is 2.10 bits per heavy atom. The summed E-state index contributed by atoms with van der Waals surface area (Å²) in [6, 6.07) is 11.4. The summed E-state index contributed by atoms with van der Waals surface area (Å²) in [6.45, 7) is 6.59. The number of aryl methyl sites for hydroxylation is 1. The zero-order chi connectivity index (χ0) is 14.8. The molecule has 2 aromatic rings. The summed E-state index contributed by atoms with van der Waals surface area (Å²) < 4.78 is 0. The van der Waals surface area contributed by atoms with Crippen molar-refractivity contribution in [1.82, 2.24) is 9.88 Å². The summed E-state index contributed by atoms with van der Waals surface area (Å²) in [6.07, 6.45) is 2.33. The van der Waals surface area contributed by atoms with Gasteiger partial charge in [-0.25, -0.2) is 0 Å². The first-order valence-corrected chi connectivity index (χ1v) is 7.87. The van der Waals surface area contributed by atoms with E-state index in [0.717, 1.165) is 30.7 Å². The van der Waals surface area contributed by atoms with Crippen molar-refractivity contribution in [3.8, 4) is 0 Å². The molecule has 1 fully saturated rings. The van der Waals surface area contributed by atoms with Crippen molar-refractivity contribution in [1.29, 1.82) is 0 Å². The van der Waals surface area contributed by atoms with E-state index in [1.807, 2.05) is 6.92 Å². The molecular formula is C18H24N2O. The van der Waals surface area contributed by atoms with Gasteiger partial charge in [-0.1, -0.05) is 12.1 Å². The van der Waals surface area contributed by atoms with Crippen LogP contribution in [0.1, 0.15) is 31.0 Å². The Bertz CT molecular complexity index is 626. The fourth-order valence-corrected chi connectivity index (χ4v) is 3.24. The summed E-state index contributed by atoms with van der Waals surface area (Å²) in [4.78, 5) is 7.05. The second-order valence-corrected chi connectivity index (χ2v) is 6.38. The Balaban J connectivity index is 1.79. The molecule has 0 radical (unpaired) electrons. The third-order valence-corrected chi connectivity index (χ3v) is 4.65. The van der Waals surface area contributed by atoms with Crippen molar-refractivity contribution >= 4 is 10.9 Å². The molecule has 0 spiro atoms. The molecule has 0 amide bonds. The van der Waals surface area contributed by atoms with Gasteiger partial charge < -0.3 is 5.11 Å². The number of hydrogen-bond acceptors (Lipinski definition) is 3. The second kappa shape index (κ2) is 6.12. The number of pyridine rings is 1. The molecule has 0 saturated carbocycles. The number of benzene rings is 1. The molecule has 3 rings (SSSR count). The Morgan fingerprint density at radius 3 is 2.90 bits per heavy atom. The van der Waals surface area contributed by atoms with Crippen LogP contribution in [0.3, 0.4) is 0 Å². The van der Waals surface area contributed by atoms with Gasteiger partial charge in [-0.05, 0) is 56.4 Å². The van der Waals surface area contributed by atoms with Crippen LogP contribution in [0, 0.1) is 12.8 Å². The predicted octanol–water partition coefficient (Wildman–Crippen LogP) is 3.14. The van der Waals surface area contributed by atoms with Crippen molar-refractivity contribution < 1.29 is 5.11 Å². The second-order valence-electron chi connectivity index (χ2n) is 6.38. The predicted molar refractivity (Wildman–Crippen MR) is 86.2 cm³/mol. The van der Waals surface area contributed by atoms with Gasteiger partial charge in [0.25, 0.3) is 0 Å². The fourth-order valence-electron chi connectivity index (χ4n) is 3.24. The van der Waals surface area contributed by atoms with Gasteiger partial charge in [-0.15, -0.1) is 0 Å². The maximum atomic E-state index is 9.39. The van der Waals surface area contributed by atoms with E-state index in [0.29, 0.717) is 18.6 Å². The molecule has 1 N–H and O–H groups in total. The number of piperidine rings is 1. The minimum atomic E-state index is 0.310. The normalized spacial score (nSPS) is 23.6. The van der Waals surface area contributed by atoms with E-state index >= 15 is 0 Å². The number of likely N-dealkylation sites (tertiary alicyclic amines) is 1. The molecular weight excluding hydrogens is 260 g/mol. The summed E-state index contributed by atoms with van der Waals surface area (Å²) in [5.41, 5.74) is 3.46. The van der Waals surface area contributed by atoms with Gasteiger partial charge in [-0.2, -0.15) is 0 Å². The molecule has 21 heavy (non-hydrogen) atoms. The van der Waals surface area contributed by atoms with E-state index in [2.05, 4.69) is 47.1 Å². The zero-order valence-electron chi connectivity index (χ0n) is 12.9. The molecule has 3 heteroatoms. The van der Waals surface area contributed by atoms with Gasteiger partial charge >= 0.3 is 0 Å². The number of aliphatic hydroxyl groups excluding tert-OH is 1. The van der Waals surface area contributed by atoms with E-state index in [9.17, 15) is 5.11 Å². The monoisotopic (exact) mass is 284 g/mol. The van der Waals surface area contributed by atoms with Crippen LogP contribution < -0.4 is 0 Å². The van der Waals surface area contributed by atoms with Crippen molar-refractivity contribution in [3.63, 3.8) is 0 Å². The van der Waals surface area contributed by atoms with E-state index in [1.54, 1.807) is 0 Å². The molecule has 2 atom stereocenters. The number of fused-ring (bicyclic) bond motifs is 1. The highest BCUT2D eigenvalue weighted by Crippen LogP contribution is 2.24. The number of aliphatic hydroxyl groups is 1. The number of hydrogen-bond donors (Lipinski definition) is 1. The first-order chi connectivity index (χ1) is 10.2. The van der Waals surface area contributed by atoms with Crippen molar-refractivity contribution in [3.05, 3.63) is 41.6 Å². The smallest absolute Gasteiger partial charge is 0.0705 e. The van der Waals surface area contributed by atoms with Crippen LogP contribution in [0.4, 0.5) is 0 Å². The molecule has 1 saturated heterocycles. The van der Waals surface area contributed by atoms with Crippen LogP contribution >= 0.6 is 0 Å². The highest BCUT2D eigenvalue weighted by Gasteiger charge is 2.24. The quantitative estimate of drug-likeness (QED) is 0.940. The van der Waals surface area contributed by atoms with Crippen molar-refractivity contribution in [2.24, 2.45) is 5.92 Å². The van der Waals surface area contributed by atoms with Gasteiger partial charge in [-0.3, -0.25) is 9.88 Å². The lowest BCUT2D eigenvalue weighted by atomic mass is 9.93. The lowest BCUT2D eigenvalue weighted by molar-refractivity contribution is 0.0772. The van der Waals surface area contributed by atoms with E-state index in [4.69, 9.17) is 0 Å². The van der Waals surface area contributed by atoms with Gasteiger partial charge in [0.2, 0.25) is 0 Å². The molecule has 1 aliphatic rings. The Labute approximate surface area is 126 Å². The van der Waals surface area contributed by atoms with E-state index in [1.165, 1.54) is 17.4 Å². The molecule has 112 valence electrons. The van der Waals surface area contributed by atoms with Crippen LogP contribution in [0.2, 0.25) is 0 Å². The molecule has 2 heterocycles. The largest absolute Gasteiger partial charge is 0.396 e. The van der Waals surface area contributed by atoms with E-state index < -0.39 is 0 Å². The summed E-state index contributed by atoms with van der Waals surface area (Å²) in [5.74, 6) is 0.436. The standard InChI is InChI=1S/C18H24N2O/c1-13-3-7-17-9-15(6-8-18(17)19-13)10-20-11-16(12-21)5-4-14(20)2/h3,6-9,14,16,21H,4-5,10-12H2,1-2H3/t14-,16-/m1/s1. The summed E-state index contributed by atoms with van der Waals surface area (Å²) >= 11 is 0. The summed E-state index contributed by atoms with van der Waals surface area (Å²) in [5, 5.41) is 10.6. The third kappa shape index (κ3) is 3.25.